The fraction of sp³-hybridized carbons (Fsp3) is 0. The van der Waals surface area contributed by atoms with Gasteiger partial charge in [-0.2, -0.15) is 0 Å². The van der Waals surface area contributed by atoms with Crippen LogP contribution >= 0.6 is 27.5 Å². The molecule has 2 nitrogen and oxygen atoms in total. The molecule has 12 heavy (non-hydrogen) atoms. The molecule has 1 N–H and O–H groups in total. The molecule has 0 aromatic heterocycles. The number of halogens is 3. The van der Waals surface area contributed by atoms with Gasteiger partial charge in [-0.25, -0.2) is 9.18 Å². The summed E-state index contributed by atoms with van der Waals surface area (Å²) < 4.78 is 12.8. The van der Waals surface area contributed by atoms with Crippen molar-refractivity contribution in [3.05, 3.63) is 33.0 Å². The number of carboxylic acids is 1. The summed E-state index contributed by atoms with van der Waals surface area (Å²) in [6, 6.07) is 2.43. The summed E-state index contributed by atoms with van der Waals surface area (Å²) in [4.78, 5) is 10.4. The minimum Gasteiger partial charge on any atom is -0.478 e. The van der Waals surface area contributed by atoms with Gasteiger partial charge in [0.25, 0.3) is 0 Å². The van der Waals surface area contributed by atoms with Crippen molar-refractivity contribution in [2.24, 2.45) is 0 Å². The van der Waals surface area contributed by atoms with E-state index in [1.807, 2.05) is 0 Å². The maximum Gasteiger partial charge on any atom is 0.336 e. The van der Waals surface area contributed by atoms with Crippen molar-refractivity contribution in [3.8, 4) is 0 Å². The monoisotopic (exact) mass is 252 g/mol. The Morgan fingerprint density at radius 3 is 2.67 bits per heavy atom. The van der Waals surface area contributed by atoms with Gasteiger partial charge in [-0.3, -0.25) is 0 Å². The first-order chi connectivity index (χ1) is 5.54. The molecular formula is C7H3BrClFO2. The Labute approximate surface area is 81.1 Å². The van der Waals surface area contributed by atoms with Crippen molar-refractivity contribution in [1.29, 1.82) is 0 Å². The molecule has 1 aromatic carbocycles. The molecule has 5 heteroatoms. The molecule has 64 valence electrons. The van der Waals surface area contributed by atoms with Crippen molar-refractivity contribution in [1.82, 2.24) is 0 Å². The van der Waals surface area contributed by atoms with Crippen LogP contribution in [0.3, 0.4) is 0 Å². The van der Waals surface area contributed by atoms with E-state index in [0.717, 1.165) is 0 Å². The molecule has 0 saturated heterocycles. The third-order valence-corrected chi connectivity index (χ3v) is 2.33. The quantitative estimate of drug-likeness (QED) is 0.781. The third kappa shape index (κ3) is 1.59. The zero-order valence-electron chi connectivity index (χ0n) is 5.64. The molecule has 0 unspecified atom stereocenters. The third-order valence-electron chi connectivity index (χ3n) is 1.27. The number of hydrogen-bond donors (Lipinski definition) is 1. The van der Waals surface area contributed by atoms with Gasteiger partial charge in [-0.15, -0.1) is 0 Å². The van der Waals surface area contributed by atoms with Gasteiger partial charge in [-0.1, -0.05) is 11.6 Å². The van der Waals surface area contributed by atoms with E-state index in [4.69, 9.17) is 16.7 Å². The molecule has 1 aromatic rings. The summed E-state index contributed by atoms with van der Waals surface area (Å²) in [7, 11) is 0. The Hall–Kier alpha value is -0.610. The first kappa shape index (κ1) is 9.48. The van der Waals surface area contributed by atoms with E-state index >= 15 is 0 Å². The smallest absolute Gasteiger partial charge is 0.336 e. The average Bonchev–Trinajstić information content (AvgIpc) is 2.00. The van der Waals surface area contributed by atoms with Gasteiger partial charge in [0.15, 0.2) is 5.82 Å². The molecule has 0 radical (unpaired) electrons. The summed E-state index contributed by atoms with van der Waals surface area (Å²) in [6.45, 7) is 0. The van der Waals surface area contributed by atoms with Crippen LogP contribution in [0.5, 0.6) is 0 Å². The van der Waals surface area contributed by atoms with Crippen LogP contribution in [0.15, 0.2) is 16.6 Å². The van der Waals surface area contributed by atoms with Crippen LogP contribution in [0.25, 0.3) is 0 Å². The lowest BCUT2D eigenvalue weighted by Crippen LogP contribution is -1.99. The zero-order chi connectivity index (χ0) is 9.30. The molecule has 0 atom stereocenters. The normalized spacial score (nSPS) is 9.92. The number of aromatic carboxylic acids is 1. The van der Waals surface area contributed by atoms with Crippen molar-refractivity contribution >= 4 is 33.5 Å². The molecule has 0 heterocycles. The molecule has 1 rings (SSSR count). The van der Waals surface area contributed by atoms with Crippen LogP contribution in [-0.4, -0.2) is 11.1 Å². The van der Waals surface area contributed by atoms with Crippen molar-refractivity contribution in [2.75, 3.05) is 0 Å². The Bertz CT molecular complexity index is 340. The minimum atomic E-state index is -1.20. The van der Waals surface area contributed by atoms with Crippen LogP contribution in [0, 0.1) is 5.82 Å². The van der Waals surface area contributed by atoms with E-state index in [2.05, 4.69) is 15.9 Å². The van der Waals surface area contributed by atoms with Gasteiger partial charge in [0.2, 0.25) is 0 Å². The highest BCUT2D eigenvalue weighted by Crippen LogP contribution is 2.26. The molecule has 0 saturated carbocycles. The summed E-state index contributed by atoms with van der Waals surface area (Å²) in [5.41, 5.74) is -0.142. The second-order valence-corrected chi connectivity index (χ2v) is 3.23. The lowest BCUT2D eigenvalue weighted by atomic mass is 10.2. The van der Waals surface area contributed by atoms with Crippen LogP contribution in [0.2, 0.25) is 5.02 Å². The van der Waals surface area contributed by atoms with Crippen molar-refractivity contribution in [2.45, 2.75) is 0 Å². The Kier molecular flexibility index (Phi) is 2.69. The molecule has 0 aliphatic heterocycles. The molecule has 0 aliphatic rings. The molecule has 0 bridgehead atoms. The standard InChI is InChI=1S/C7H3BrClFO2/c8-5-3(7(11)12)1-2-4(9)6(5)10/h1-2H,(H,11,12). The highest BCUT2D eigenvalue weighted by atomic mass is 79.9. The maximum absolute atomic E-state index is 12.9. The number of carbonyl (C=O) groups is 1. The molecule has 0 spiro atoms. The lowest BCUT2D eigenvalue weighted by molar-refractivity contribution is 0.0695. The summed E-state index contributed by atoms with van der Waals surface area (Å²) in [5, 5.41) is 8.44. The van der Waals surface area contributed by atoms with Gasteiger partial charge < -0.3 is 5.11 Å². The van der Waals surface area contributed by atoms with Crippen LogP contribution < -0.4 is 0 Å². The van der Waals surface area contributed by atoms with Gasteiger partial charge in [-0.05, 0) is 28.1 Å². The van der Waals surface area contributed by atoms with E-state index in [-0.39, 0.29) is 15.1 Å². The molecule has 0 amide bonds. The number of hydrogen-bond acceptors (Lipinski definition) is 1. The second-order valence-electron chi connectivity index (χ2n) is 2.03. The predicted octanol–water partition coefficient (Wildman–Crippen LogP) is 2.94. The van der Waals surface area contributed by atoms with E-state index < -0.39 is 11.8 Å². The largest absolute Gasteiger partial charge is 0.478 e. The first-order valence-corrected chi connectivity index (χ1v) is 4.08. The molecular weight excluding hydrogens is 250 g/mol. The number of benzene rings is 1. The Morgan fingerprint density at radius 1 is 1.58 bits per heavy atom. The highest BCUT2D eigenvalue weighted by molar-refractivity contribution is 9.10. The lowest BCUT2D eigenvalue weighted by Gasteiger charge is -2.00. The Morgan fingerprint density at radius 2 is 2.17 bits per heavy atom. The average molecular weight is 253 g/mol. The minimum absolute atomic E-state index is 0.105. The summed E-state index contributed by atoms with van der Waals surface area (Å²) >= 11 is 8.18. The van der Waals surface area contributed by atoms with Crippen molar-refractivity contribution < 1.29 is 14.3 Å². The summed E-state index contributed by atoms with van der Waals surface area (Å²) in [5.74, 6) is -1.95. The zero-order valence-corrected chi connectivity index (χ0v) is 7.99. The summed E-state index contributed by atoms with van der Waals surface area (Å²) in [6.07, 6.45) is 0. The van der Waals surface area contributed by atoms with Gasteiger partial charge >= 0.3 is 5.97 Å². The van der Waals surface area contributed by atoms with E-state index in [1.165, 1.54) is 12.1 Å². The fourth-order valence-corrected chi connectivity index (χ4v) is 1.48. The van der Waals surface area contributed by atoms with E-state index in [1.54, 1.807) is 0 Å². The topological polar surface area (TPSA) is 37.3 Å². The van der Waals surface area contributed by atoms with Gasteiger partial charge in [0.05, 0.1) is 15.1 Å². The number of carboxylic acid groups (broad SMARTS) is 1. The van der Waals surface area contributed by atoms with E-state index in [0.29, 0.717) is 0 Å². The van der Waals surface area contributed by atoms with Gasteiger partial charge in [0, 0.05) is 0 Å². The molecule has 0 aliphatic carbocycles. The Balaban J connectivity index is 3.36. The van der Waals surface area contributed by atoms with Crippen LogP contribution in [0.4, 0.5) is 4.39 Å². The maximum atomic E-state index is 12.9. The van der Waals surface area contributed by atoms with E-state index in [9.17, 15) is 9.18 Å². The van der Waals surface area contributed by atoms with Crippen LogP contribution in [0.1, 0.15) is 10.4 Å². The number of rotatable bonds is 1. The first-order valence-electron chi connectivity index (χ1n) is 2.91. The SMILES string of the molecule is O=C(O)c1ccc(Cl)c(F)c1Br. The highest BCUT2D eigenvalue weighted by Gasteiger charge is 2.14. The second kappa shape index (κ2) is 3.41. The predicted molar refractivity (Wildman–Crippen MR) is 46.1 cm³/mol. The molecule has 0 fully saturated rings. The fourth-order valence-electron chi connectivity index (χ4n) is 0.691. The van der Waals surface area contributed by atoms with Gasteiger partial charge in [0.1, 0.15) is 0 Å². The van der Waals surface area contributed by atoms with Crippen molar-refractivity contribution in [3.63, 3.8) is 0 Å². The van der Waals surface area contributed by atoms with Crippen LogP contribution in [-0.2, 0) is 0 Å².